The first-order valence-corrected chi connectivity index (χ1v) is 5.12. The van der Waals surface area contributed by atoms with Crippen LogP contribution in [0.2, 0.25) is 0 Å². The molecule has 0 radical (unpaired) electrons. The quantitative estimate of drug-likeness (QED) is 0.562. The minimum atomic E-state index is 0.745. The number of ether oxygens (including phenoxy) is 1. The molecule has 0 amide bonds. The monoisotopic (exact) mass is 240 g/mol. The third kappa shape index (κ3) is 3.64. The molecule has 0 heterocycles. The van der Waals surface area contributed by atoms with Gasteiger partial charge in [0.1, 0.15) is 5.75 Å². The Labute approximate surface area is 87.5 Å². The van der Waals surface area contributed by atoms with Gasteiger partial charge in [0.05, 0.1) is 11.1 Å². The third-order valence-electron chi connectivity index (χ3n) is 1.65. The largest absolute Gasteiger partial charge is 0.492 e. The fourth-order valence-corrected chi connectivity index (χ4v) is 1.37. The van der Waals surface area contributed by atoms with Crippen LogP contribution in [0.15, 0.2) is 41.4 Å². The second kappa shape index (κ2) is 5.81. The number of hydrogen-bond donors (Lipinski definition) is 0. The zero-order valence-electron chi connectivity index (χ0n) is 7.50. The number of para-hydroxylation sites is 1. The summed E-state index contributed by atoms with van der Waals surface area (Å²) >= 11 is 3.42. The van der Waals surface area contributed by atoms with Crippen LogP contribution in [0.5, 0.6) is 5.75 Å². The lowest BCUT2D eigenvalue weighted by molar-refractivity contribution is 0.310. The van der Waals surface area contributed by atoms with Crippen LogP contribution in [0.1, 0.15) is 12.8 Å². The van der Waals surface area contributed by atoms with E-state index in [1.54, 1.807) is 0 Å². The van der Waals surface area contributed by atoms with Gasteiger partial charge in [-0.15, -0.1) is 6.58 Å². The summed E-state index contributed by atoms with van der Waals surface area (Å²) in [5, 5.41) is 0. The summed E-state index contributed by atoms with van der Waals surface area (Å²) in [5.74, 6) is 0.909. The molecule has 0 aliphatic rings. The SMILES string of the molecule is C=CCCCOc1ccccc1Br. The molecule has 0 fully saturated rings. The molecule has 0 spiro atoms. The molecule has 0 saturated carbocycles. The van der Waals surface area contributed by atoms with Crippen LogP contribution in [0.3, 0.4) is 0 Å². The Bertz CT molecular complexity index is 271. The van der Waals surface area contributed by atoms with Crippen molar-refractivity contribution in [2.24, 2.45) is 0 Å². The zero-order valence-corrected chi connectivity index (χ0v) is 9.09. The molecule has 0 aliphatic heterocycles. The van der Waals surface area contributed by atoms with Gasteiger partial charge in [-0.2, -0.15) is 0 Å². The molecule has 0 aromatic heterocycles. The van der Waals surface area contributed by atoms with E-state index < -0.39 is 0 Å². The van der Waals surface area contributed by atoms with Gasteiger partial charge in [0.2, 0.25) is 0 Å². The minimum Gasteiger partial charge on any atom is -0.492 e. The van der Waals surface area contributed by atoms with E-state index in [4.69, 9.17) is 4.74 Å². The molecule has 1 rings (SSSR count). The first-order valence-electron chi connectivity index (χ1n) is 4.33. The molecule has 0 atom stereocenters. The Kier molecular flexibility index (Phi) is 4.61. The highest BCUT2D eigenvalue weighted by molar-refractivity contribution is 9.10. The molecule has 1 aromatic rings. The normalized spacial score (nSPS) is 9.62. The molecular formula is C11H13BrO. The van der Waals surface area contributed by atoms with E-state index >= 15 is 0 Å². The second-order valence-corrected chi connectivity index (χ2v) is 3.56. The van der Waals surface area contributed by atoms with Crippen LogP contribution in [-0.2, 0) is 0 Å². The summed E-state index contributed by atoms with van der Waals surface area (Å²) < 4.78 is 6.55. The standard InChI is InChI=1S/C11H13BrO/c1-2-3-6-9-13-11-8-5-4-7-10(11)12/h2,4-5,7-8H,1,3,6,9H2. The molecule has 0 aliphatic carbocycles. The van der Waals surface area contributed by atoms with Crippen molar-refractivity contribution >= 4 is 15.9 Å². The molecule has 1 nitrogen and oxygen atoms in total. The molecule has 0 saturated heterocycles. The molecule has 13 heavy (non-hydrogen) atoms. The molecule has 1 aromatic carbocycles. The zero-order chi connectivity index (χ0) is 9.52. The summed E-state index contributed by atoms with van der Waals surface area (Å²) in [7, 11) is 0. The number of hydrogen-bond acceptors (Lipinski definition) is 1. The fourth-order valence-electron chi connectivity index (χ4n) is 0.972. The molecule has 70 valence electrons. The first-order chi connectivity index (χ1) is 6.34. The Balaban J connectivity index is 2.36. The Morgan fingerprint density at radius 1 is 1.38 bits per heavy atom. The van der Waals surface area contributed by atoms with Crippen molar-refractivity contribution in [3.8, 4) is 5.75 Å². The van der Waals surface area contributed by atoms with Gasteiger partial charge in [0, 0.05) is 0 Å². The predicted molar refractivity (Wildman–Crippen MR) is 59.1 cm³/mol. The van der Waals surface area contributed by atoms with Gasteiger partial charge in [-0.3, -0.25) is 0 Å². The predicted octanol–water partition coefficient (Wildman–Crippen LogP) is 3.79. The average Bonchev–Trinajstić information content (AvgIpc) is 2.15. The number of allylic oxidation sites excluding steroid dienone is 1. The summed E-state index contributed by atoms with van der Waals surface area (Å²) in [4.78, 5) is 0. The smallest absolute Gasteiger partial charge is 0.133 e. The Morgan fingerprint density at radius 3 is 2.85 bits per heavy atom. The van der Waals surface area contributed by atoms with E-state index in [-0.39, 0.29) is 0 Å². The Hall–Kier alpha value is -0.760. The van der Waals surface area contributed by atoms with Gasteiger partial charge in [-0.1, -0.05) is 18.2 Å². The van der Waals surface area contributed by atoms with Crippen LogP contribution in [-0.4, -0.2) is 6.61 Å². The lowest BCUT2D eigenvalue weighted by Gasteiger charge is -2.06. The van der Waals surface area contributed by atoms with Gasteiger partial charge in [0.15, 0.2) is 0 Å². The second-order valence-electron chi connectivity index (χ2n) is 2.71. The minimum absolute atomic E-state index is 0.745. The summed E-state index contributed by atoms with van der Waals surface area (Å²) in [6.07, 6.45) is 3.93. The lowest BCUT2D eigenvalue weighted by Crippen LogP contribution is -1.96. The number of rotatable bonds is 5. The fraction of sp³-hybridized carbons (Fsp3) is 0.273. The third-order valence-corrected chi connectivity index (χ3v) is 2.30. The van der Waals surface area contributed by atoms with Crippen LogP contribution < -0.4 is 4.74 Å². The van der Waals surface area contributed by atoms with E-state index in [2.05, 4.69) is 22.5 Å². The lowest BCUT2D eigenvalue weighted by atomic mass is 10.3. The van der Waals surface area contributed by atoms with E-state index in [0.717, 1.165) is 29.7 Å². The molecule has 2 heteroatoms. The van der Waals surface area contributed by atoms with Gasteiger partial charge in [0.25, 0.3) is 0 Å². The van der Waals surface area contributed by atoms with E-state index in [1.165, 1.54) is 0 Å². The highest BCUT2D eigenvalue weighted by Crippen LogP contribution is 2.23. The van der Waals surface area contributed by atoms with E-state index in [1.807, 2.05) is 30.3 Å². The highest BCUT2D eigenvalue weighted by Gasteiger charge is 1.97. The van der Waals surface area contributed by atoms with Crippen molar-refractivity contribution in [3.63, 3.8) is 0 Å². The van der Waals surface area contributed by atoms with Gasteiger partial charge in [-0.25, -0.2) is 0 Å². The maximum Gasteiger partial charge on any atom is 0.133 e. The van der Waals surface area contributed by atoms with Crippen molar-refractivity contribution in [2.45, 2.75) is 12.8 Å². The first kappa shape index (κ1) is 10.3. The summed E-state index contributed by atoms with van der Waals surface area (Å²) in [5.41, 5.74) is 0. The van der Waals surface area contributed by atoms with Crippen LogP contribution in [0, 0.1) is 0 Å². The highest BCUT2D eigenvalue weighted by atomic mass is 79.9. The van der Waals surface area contributed by atoms with Crippen molar-refractivity contribution in [2.75, 3.05) is 6.61 Å². The van der Waals surface area contributed by atoms with Crippen LogP contribution in [0.25, 0.3) is 0 Å². The van der Waals surface area contributed by atoms with Gasteiger partial charge >= 0.3 is 0 Å². The van der Waals surface area contributed by atoms with Crippen molar-refractivity contribution in [1.29, 1.82) is 0 Å². The number of benzene rings is 1. The van der Waals surface area contributed by atoms with Gasteiger partial charge in [-0.05, 0) is 40.9 Å². The maximum atomic E-state index is 5.54. The number of halogens is 1. The van der Waals surface area contributed by atoms with Crippen molar-refractivity contribution in [3.05, 3.63) is 41.4 Å². The van der Waals surface area contributed by atoms with Crippen LogP contribution in [0.4, 0.5) is 0 Å². The summed E-state index contributed by atoms with van der Waals surface area (Å²) in [6, 6.07) is 7.87. The average molecular weight is 241 g/mol. The molecule has 0 unspecified atom stereocenters. The topological polar surface area (TPSA) is 9.23 Å². The molecule has 0 N–H and O–H groups in total. The van der Waals surface area contributed by atoms with Crippen molar-refractivity contribution in [1.82, 2.24) is 0 Å². The van der Waals surface area contributed by atoms with Crippen molar-refractivity contribution < 1.29 is 4.74 Å². The van der Waals surface area contributed by atoms with Crippen LogP contribution >= 0.6 is 15.9 Å². The van der Waals surface area contributed by atoms with Gasteiger partial charge < -0.3 is 4.74 Å². The Morgan fingerprint density at radius 2 is 2.15 bits per heavy atom. The number of unbranched alkanes of at least 4 members (excludes halogenated alkanes) is 1. The van der Waals surface area contributed by atoms with E-state index in [9.17, 15) is 0 Å². The molecular weight excluding hydrogens is 228 g/mol. The summed E-state index contributed by atoms with van der Waals surface area (Å²) in [6.45, 7) is 4.40. The maximum absolute atomic E-state index is 5.54. The molecule has 0 bridgehead atoms. The van der Waals surface area contributed by atoms with E-state index in [0.29, 0.717) is 0 Å².